The smallest absolute Gasteiger partial charge is 0.272 e. The fraction of sp³-hybridized carbons (Fsp3) is 0.375. The van der Waals surface area contributed by atoms with Crippen LogP contribution in [0.15, 0.2) is 48.8 Å². The highest BCUT2D eigenvalue weighted by Crippen LogP contribution is 2.02. The highest BCUT2D eigenvalue weighted by Gasteiger charge is 2.03. The van der Waals surface area contributed by atoms with Gasteiger partial charge in [-0.2, -0.15) is 0 Å². The van der Waals surface area contributed by atoms with Crippen LogP contribution in [0.25, 0.3) is 0 Å². The van der Waals surface area contributed by atoms with Gasteiger partial charge < -0.3 is 17.0 Å². The third kappa shape index (κ3) is 5.71. The lowest BCUT2D eigenvalue weighted by Gasteiger charge is -2.04. The minimum Gasteiger partial charge on any atom is -1.00 e. The molecule has 2 aromatic rings. The summed E-state index contributed by atoms with van der Waals surface area (Å²) in [6, 6.07) is 11.8. The summed E-state index contributed by atoms with van der Waals surface area (Å²) in [5.41, 5.74) is 11.8. The van der Waals surface area contributed by atoms with Crippen LogP contribution in [0, 0.1) is 0 Å². The molecule has 4 N–H and O–H groups in total. The van der Waals surface area contributed by atoms with Crippen molar-refractivity contribution in [2.24, 2.45) is 0 Å². The Bertz CT molecular complexity index is 496. The Labute approximate surface area is 137 Å². The van der Waals surface area contributed by atoms with Gasteiger partial charge in [-0.1, -0.05) is 12.1 Å². The van der Waals surface area contributed by atoms with Crippen LogP contribution in [-0.2, 0) is 13.1 Å². The summed E-state index contributed by atoms with van der Waals surface area (Å²) in [6.07, 6.45) is 8.83. The van der Waals surface area contributed by atoms with Crippen molar-refractivity contribution in [2.45, 2.75) is 38.8 Å². The maximum absolute atomic E-state index is 5.90. The third-order valence-electron chi connectivity index (χ3n) is 3.50. The van der Waals surface area contributed by atoms with E-state index in [1.165, 1.54) is 12.8 Å². The molecule has 2 heterocycles. The number of halogens is 1. The maximum atomic E-state index is 5.90. The zero-order valence-electron chi connectivity index (χ0n) is 12.3. The molecule has 0 bridgehead atoms. The fourth-order valence-corrected chi connectivity index (χ4v) is 2.30. The molecule has 0 saturated carbocycles. The van der Waals surface area contributed by atoms with Gasteiger partial charge in [0.25, 0.3) is 11.6 Å². The van der Waals surface area contributed by atoms with Crippen molar-refractivity contribution in [3.8, 4) is 0 Å². The molecular formula is C16H24BrN4+. The van der Waals surface area contributed by atoms with Crippen molar-refractivity contribution in [3.05, 3.63) is 48.8 Å². The molecule has 0 radical (unpaired) electrons. The number of aryl methyl sites for hydroxylation is 2. The Morgan fingerprint density at radius 2 is 1.10 bits per heavy atom. The summed E-state index contributed by atoms with van der Waals surface area (Å²) in [5.74, 6) is 1.67. The monoisotopic (exact) mass is 351 g/mol. The molecule has 4 nitrogen and oxygen atoms in total. The molecule has 0 aromatic carbocycles. The van der Waals surface area contributed by atoms with Crippen molar-refractivity contribution in [3.63, 3.8) is 0 Å². The molecule has 21 heavy (non-hydrogen) atoms. The molecule has 0 amide bonds. The lowest BCUT2D eigenvalue weighted by molar-refractivity contribution is -0.684. The quantitative estimate of drug-likeness (QED) is 0.480. The van der Waals surface area contributed by atoms with E-state index in [4.69, 9.17) is 11.5 Å². The van der Waals surface area contributed by atoms with Crippen LogP contribution in [0.3, 0.4) is 0 Å². The van der Waals surface area contributed by atoms with Crippen molar-refractivity contribution in [2.75, 3.05) is 11.5 Å². The summed E-state index contributed by atoms with van der Waals surface area (Å²) in [6.45, 7) is 1.99. The van der Waals surface area contributed by atoms with Crippen LogP contribution in [0.5, 0.6) is 0 Å². The van der Waals surface area contributed by atoms with Gasteiger partial charge in [0, 0.05) is 12.1 Å². The van der Waals surface area contributed by atoms with Gasteiger partial charge in [-0.05, 0) is 37.8 Å². The summed E-state index contributed by atoms with van der Waals surface area (Å²) in [7, 11) is 0. The largest absolute Gasteiger partial charge is 1.00 e. The van der Waals surface area contributed by atoms with Gasteiger partial charge in [-0.25, -0.2) is 9.13 Å². The Morgan fingerprint density at radius 1 is 0.667 bits per heavy atom. The molecule has 0 aliphatic carbocycles. The van der Waals surface area contributed by atoms with Crippen LogP contribution in [0.4, 0.5) is 11.6 Å². The van der Waals surface area contributed by atoms with Gasteiger partial charge in [0.15, 0.2) is 0 Å². The summed E-state index contributed by atoms with van der Waals surface area (Å²) >= 11 is 0. The zero-order chi connectivity index (χ0) is 14.2. The molecule has 0 aliphatic heterocycles. The van der Waals surface area contributed by atoms with E-state index in [1.54, 1.807) is 0 Å². The minimum absolute atomic E-state index is 0. The lowest BCUT2D eigenvalue weighted by Crippen LogP contribution is -3.00. The first kappa shape index (κ1) is 17.4. The number of nitrogen functional groups attached to an aromatic ring is 2. The van der Waals surface area contributed by atoms with E-state index in [9.17, 15) is 0 Å². The second kappa shape index (κ2) is 9.34. The Hall–Kier alpha value is -1.62. The Morgan fingerprint density at radius 3 is 1.48 bits per heavy atom. The Kier molecular flexibility index (Phi) is 7.75. The van der Waals surface area contributed by atoms with E-state index >= 15 is 0 Å². The van der Waals surface area contributed by atoms with Gasteiger partial charge >= 0.3 is 0 Å². The molecule has 2 rings (SSSR count). The molecular weight excluding hydrogens is 328 g/mol. The van der Waals surface area contributed by atoms with Crippen LogP contribution in [0.1, 0.15) is 25.7 Å². The SMILES string of the molecule is Nc1cccc[n+]1CCCCCC[n+]1ccccc1N.[Br-]. The van der Waals surface area contributed by atoms with Crippen LogP contribution in [-0.4, -0.2) is 0 Å². The normalized spacial score (nSPS) is 10.1. The summed E-state index contributed by atoms with van der Waals surface area (Å²) in [4.78, 5) is 0. The molecule has 0 saturated heterocycles. The van der Waals surface area contributed by atoms with Gasteiger partial charge in [0.05, 0.1) is 25.5 Å². The summed E-state index contributed by atoms with van der Waals surface area (Å²) in [5, 5.41) is 0. The first-order valence-corrected chi connectivity index (χ1v) is 7.25. The molecule has 0 fully saturated rings. The second-order valence-corrected chi connectivity index (χ2v) is 5.05. The zero-order valence-corrected chi connectivity index (χ0v) is 13.9. The molecule has 0 spiro atoms. The number of nitrogens with zero attached hydrogens (tertiary/aromatic N) is 2. The van der Waals surface area contributed by atoms with E-state index in [-0.39, 0.29) is 17.0 Å². The fourth-order valence-electron chi connectivity index (χ4n) is 2.30. The number of unbranched alkanes of at least 4 members (excludes halogenated alkanes) is 3. The molecule has 0 aliphatic rings. The van der Waals surface area contributed by atoms with E-state index in [0.717, 1.165) is 37.6 Å². The van der Waals surface area contributed by atoms with Crippen molar-refractivity contribution < 1.29 is 26.1 Å². The summed E-state index contributed by atoms with van der Waals surface area (Å²) < 4.78 is 4.20. The van der Waals surface area contributed by atoms with Gasteiger partial charge in [0.1, 0.15) is 0 Å². The number of nitrogens with two attached hydrogens (primary N) is 2. The number of hydrogen-bond acceptors (Lipinski definition) is 2. The number of anilines is 2. The minimum atomic E-state index is 0. The van der Waals surface area contributed by atoms with E-state index < -0.39 is 0 Å². The van der Waals surface area contributed by atoms with Crippen molar-refractivity contribution >= 4 is 11.6 Å². The third-order valence-corrected chi connectivity index (χ3v) is 3.50. The average Bonchev–Trinajstić information content (AvgIpc) is 2.46. The molecule has 2 aromatic heterocycles. The Balaban J connectivity index is 0.00000220. The van der Waals surface area contributed by atoms with Crippen molar-refractivity contribution in [1.29, 1.82) is 0 Å². The topological polar surface area (TPSA) is 59.8 Å². The van der Waals surface area contributed by atoms with Gasteiger partial charge in [0.2, 0.25) is 0 Å². The first-order valence-electron chi connectivity index (χ1n) is 7.25. The lowest BCUT2D eigenvalue weighted by atomic mass is 10.2. The molecule has 114 valence electrons. The van der Waals surface area contributed by atoms with E-state index in [2.05, 4.69) is 9.13 Å². The number of hydrogen-bond donors (Lipinski definition) is 2. The molecule has 0 atom stereocenters. The predicted octanol–water partition coefficient (Wildman–Crippen LogP) is -1.31. The average molecular weight is 352 g/mol. The van der Waals surface area contributed by atoms with E-state index in [1.807, 2.05) is 48.8 Å². The number of pyridine rings is 2. The first-order chi connectivity index (χ1) is 9.77. The predicted molar refractivity (Wildman–Crippen MR) is 80.6 cm³/mol. The van der Waals surface area contributed by atoms with Crippen LogP contribution in [0.2, 0.25) is 0 Å². The van der Waals surface area contributed by atoms with E-state index in [0.29, 0.717) is 0 Å². The van der Waals surface area contributed by atoms with Gasteiger partial charge in [-0.3, -0.25) is 11.5 Å². The number of rotatable bonds is 7. The highest BCUT2D eigenvalue weighted by molar-refractivity contribution is 5.19. The van der Waals surface area contributed by atoms with Gasteiger partial charge in [-0.15, -0.1) is 0 Å². The van der Waals surface area contributed by atoms with Crippen LogP contribution < -0.4 is 37.6 Å². The number of aromatic nitrogens is 2. The standard InChI is InChI=1S/C16H22N4.BrH/c17-15-9-3-7-13-19(15)11-5-1-2-6-12-20-14-8-4-10-16(20)18;/h3-4,7-10,13-14,17-18H,1-2,5-6,11-12H2;1H/p+1. The van der Waals surface area contributed by atoms with Crippen molar-refractivity contribution in [1.82, 2.24) is 0 Å². The second-order valence-electron chi connectivity index (χ2n) is 5.05. The highest BCUT2D eigenvalue weighted by atomic mass is 79.9. The molecule has 5 heteroatoms. The van der Waals surface area contributed by atoms with Crippen LogP contribution >= 0.6 is 0 Å². The maximum Gasteiger partial charge on any atom is 0.272 e. The molecule has 0 unspecified atom stereocenters.